The molecule has 0 heterocycles. The van der Waals surface area contributed by atoms with Gasteiger partial charge in [-0.1, -0.05) is 214 Å². The molecule has 0 unspecified atom stereocenters. The van der Waals surface area contributed by atoms with Crippen LogP contribution in [0.25, 0.3) is 0 Å². The van der Waals surface area contributed by atoms with E-state index in [1.54, 1.807) is 0 Å². The average Bonchev–Trinajstić information content (AvgIpc) is 3.06. The van der Waals surface area contributed by atoms with Crippen LogP contribution in [0.3, 0.4) is 0 Å². The summed E-state index contributed by atoms with van der Waals surface area (Å²) in [6, 6.07) is 0. The van der Waals surface area contributed by atoms with Gasteiger partial charge in [0.2, 0.25) is 0 Å². The number of halogens is 1. The predicted octanol–water partition coefficient (Wildman–Crippen LogP) is 13.3. The van der Waals surface area contributed by atoms with E-state index in [4.69, 9.17) is 0 Å². The van der Waals surface area contributed by atoms with E-state index in [9.17, 15) is 0 Å². The third-order valence-electron chi connectivity index (χ3n) is 11.2. The van der Waals surface area contributed by atoms with E-state index in [1.807, 2.05) is 0 Å². The third-order valence-corrected chi connectivity index (χ3v) is 11.2. The smallest absolute Gasteiger partial charge is 0.0786 e. The van der Waals surface area contributed by atoms with Crippen LogP contribution in [0.1, 0.15) is 265 Å². The molecular weight excluding hydrogens is 590 g/mol. The van der Waals surface area contributed by atoms with Crippen molar-refractivity contribution in [2.24, 2.45) is 0 Å². The van der Waals surface area contributed by atoms with Gasteiger partial charge in [-0.3, -0.25) is 0 Å². The Kier molecular flexibility index (Phi) is 44.5. The van der Waals surface area contributed by atoms with Crippen molar-refractivity contribution in [2.75, 3.05) is 26.2 Å². The molecule has 0 atom stereocenters. The molecule has 0 spiro atoms. The quantitative estimate of drug-likeness (QED) is 0.0444. The lowest BCUT2D eigenvalue weighted by Gasteiger charge is -2.40. The van der Waals surface area contributed by atoms with Crippen molar-refractivity contribution < 1.29 is 16.9 Å². The highest BCUT2D eigenvalue weighted by Gasteiger charge is 2.25. The largest absolute Gasteiger partial charge is 1.00 e. The maximum absolute atomic E-state index is 2.35. The third kappa shape index (κ3) is 37.3. The zero-order valence-corrected chi connectivity index (χ0v) is 34.6. The highest BCUT2D eigenvalue weighted by Crippen LogP contribution is 2.21. The highest BCUT2D eigenvalue weighted by atomic mass is 35.5. The monoisotopic (exact) mass is 684 g/mol. The molecule has 1 nitrogen and oxygen atoms in total. The fraction of sp³-hybridized carbons (Fsp3) is 1.00. The van der Waals surface area contributed by atoms with Gasteiger partial charge in [0.1, 0.15) is 0 Å². The number of nitrogens with zero attached hydrogens (tertiary/aromatic N) is 1. The van der Waals surface area contributed by atoms with Crippen molar-refractivity contribution in [3.8, 4) is 0 Å². The SMILES string of the molecule is CCCCCCCCCCCCCCCCCC[N+](CCCCCCCCC)(CCCCCCCCC)CCCCCCCCC.[Cl-]. The van der Waals surface area contributed by atoms with E-state index in [1.165, 1.54) is 268 Å². The zero-order chi connectivity index (χ0) is 33.5. The lowest BCUT2D eigenvalue weighted by atomic mass is 10.0. The van der Waals surface area contributed by atoms with Crippen molar-refractivity contribution >= 4 is 0 Å². The van der Waals surface area contributed by atoms with Gasteiger partial charge in [-0.15, -0.1) is 0 Å². The average molecular weight is 685 g/mol. The predicted molar refractivity (Wildman–Crippen MR) is 213 cm³/mol. The summed E-state index contributed by atoms with van der Waals surface area (Å²) >= 11 is 0. The van der Waals surface area contributed by atoms with Crippen molar-refractivity contribution in [3.05, 3.63) is 0 Å². The van der Waals surface area contributed by atoms with E-state index in [0.717, 1.165) is 0 Å². The summed E-state index contributed by atoms with van der Waals surface area (Å²) in [6.07, 6.45) is 54.2. The molecule has 0 bridgehead atoms. The second kappa shape index (κ2) is 42.4. The normalized spacial score (nSPS) is 11.7. The van der Waals surface area contributed by atoms with Crippen LogP contribution in [0.15, 0.2) is 0 Å². The van der Waals surface area contributed by atoms with Crippen molar-refractivity contribution in [3.63, 3.8) is 0 Å². The molecular formula is C45H94ClN. The van der Waals surface area contributed by atoms with Gasteiger partial charge in [0.25, 0.3) is 0 Å². The molecule has 0 saturated heterocycles. The molecule has 0 radical (unpaired) electrons. The number of rotatable bonds is 41. The Labute approximate surface area is 307 Å². The Morgan fingerprint density at radius 2 is 0.319 bits per heavy atom. The Balaban J connectivity index is 0. The fourth-order valence-electron chi connectivity index (χ4n) is 7.88. The van der Waals surface area contributed by atoms with E-state index < -0.39 is 0 Å². The minimum Gasteiger partial charge on any atom is -1.00 e. The van der Waals surface area contributed by atoms with Gasteiger partial charge < -0.3 is 16.9 Å². The van der Waals surface area contributed by atoms with E-state index in [0.29, 0.717) is 0 Å². The number of hydrogen-bond acceptors (Lipinski definition) is 0. The Morgan fingerprint density at radius 1 is 0.191 bits per heavy atom. The van der Waals surface area contributed by atoms with Gasteiger partial charge in [-0.05, 0) is 51.4 Å². The Hall–Kier alpha value is 0.250. The summed E-state index contributed by atoms with van der Waals surface area (Å²) in [7, 11) is 0. The first kappa shape index (κ1) is 49.4. The molecule has 0 aromatic heterocycles. The summed E-state index contributed by atoms with van der Waals surface area (Å²) < 4.78 is 1.48. The Morgan fingerprint density at radius 3 is 0.468 bits per heavy atom. The van der Waals surface area contributed by atoms with Crippen LogP contribution >= 0.6 is 0 Å². The molecule has 0 aliphatic rings. The maximum Gasteiger partial charge on any atom is 0.0786 e. The lowest BCUT2D eigenvalue weighted by molar-refractivity contribution is -0.929. The topological polar surface area (TPSA) is 0 Å². The summed E-state index contributed by atoms with van der Waals surface area (Å²) in [5, 5.41) is 0. The van der Waals surface area contributed by atoms with Crippen LogP contribution in [-0.4, -0.2) is 30.7 Å². The molecule has 0 fully saturated rings. The fourth-order valence-corrected chi connectivity index (χ4v) is 7.88. The molecule has 0 aliphatic heterocycles. The molecule has 2 heteroatoms. The first-order valence-electron chi connectivity index (χ1n) is 22.6. The number of unbranched alkanes of at least 4 members (excludes halogenated alkanes) is 33. The summed E-state index contributed by atoms with van der Waals surface area (Å²) in [5.74, 6) is 0. The van der Waals surface area contributed by atoms with E-state index in [-0.39, 0.29) is 12.4 Å². The van der Waals surface area contributed by atoms with Crippen LogP contribution < -0.4 is 12.4 Å². The van der Waals surface area contributed by atoms with E-state index in [2.05, 4.69) is 27.7 Å². The van der Waals surface area contributed by atoms with Crippen molar-refractivity contribution in [1.29, 1.82) is 0 Å². The highest BCUT2D eigenvalue weighted by molar-refractivity contribution is 4.56. The van der Waals surface area contributed by atoms with Crippen LogP contribution in [0.2, 0.25) is 0 Å². The number of hydrogen-bond donors (Lipinski definition) is 0. The second-order valence-corrected chi connectivity index (χ2v) is 15.9. The summed E-state index contributed by atoms with van der Waals surface area (Å²) in [6.45, 7) is 15.3. The van der Waals surface area contributed by atoms with Crippen LogP contribution in [0, 0.1) is 0 Å². The van der Waals surface area contributed by atoms with Gasteiger partial charge in [0, 0.05) is 0 Å². The van der Waals surface area contributed by atoms with Crippen LogP contribution in [-0.2, 0) is 0 Å². The van der Waals surface area contributed by atoms with Crippen LogP contribution in [0.5, 0.6) is 0 Å². The Bertz CT molecular complexity index is 489. The lowest BCUT2D eigenvalue weighted by Crippen LogP contribution is -3.00. The van der Waals surface area contributed by atoms with Crippen molar-refractivity contribution in [1.82, 2.24) is 0 Å². The van der Waals surface area contributed by atoms with E-state index >= 15 is 0 Å². The van der Waals surface area contributed by atoms with Crippen molar-refractivity contribution in [2.45, 2.75) is 265 Å². The molecule has 0 N–H and O–H groups in total. The summed E-state index contributed by atoms with van der Waals surface area (Å²) in [4.78, 5) is 0. The standard InChI is InChI=1S/C45H94N.ClH/c1-5-9-13-17-21-22-23-24-25-26-27-28-29-33-37-41-45-46(42-38-34-30-18-14-10-6-2,43-39-35-31-19-15-11-7-3)44-40-36-32-20-16-12-8-4;/h5-45H2,1-4H3;1H/q+1;/p-1. The molecule has 0 rings (SSSR count). The second-order valence-electron chi connectivity index (χ2n) is 15.9. The molecule has 0 saturated carbocycles. The molecule has 0 amide bonds. The van der Waals surface area contributed by atoms with Gasteiger partial charge in [0.05, 0.1) is 26.2 Å². The minimum atomic E-state index is 0. The van der Waals surface area contributed by atoms with Gasteiger partial charge >= 0.3 is 0 Å². The zero-order valence-electron chi connectivity index (χ0n) is 33.8. The molecule has 286 valence electrons. The first-order valence-corrected chi connectivity index (χ1v) is 22.6. The minimum absolute atomic E-state index is 0. The molecule has 0 aromatic carbocycles. The molecule has 0 aromatic rings. The summed E-state index contributed by atoms with van der Waals surface area (Å²) in [5.41, 5.74) is 0. The van der Waals surface area contributed by atoms with Gasteiger partial charge in [0.15, 0.2) is 0 Å². The molecule has 47 heavy (non-hydrogen) atoms. The van der Waals surface area contributed by atoms with Crippen LogP contribution in [0.4, 0.5) is 0 Å². The maximum atomic E-state index is 2.35. The molecule has 0 aliphatic carbocycles. The van der Waals surface area contributed by atoms with Gasteiger partial charge in [-0.25, -0.2) is 0 Å². The van der Waals surface area contributed by atoms with Gasteiger partial charge in [-0.2, -0.15) is 0 Å². The first-order chi connectivity index (χ1) is 22.7. The number of quaternary nitrogens is 1.